The first-order valence-electron chi connectivity index (χ1n) is 6.08. The second-order valence-corrected chi connectivity index (χ2v) is 4.51. The Labute approximate surface area is 109 Å². The average Bonchev–Trinajstić information content (AvgIpc) is 3.08. The third-order valence-electron chi connectivity index (χ3n) is 3.04. The predicted molar refractivity (Wildman–Crippen MR) is 66.3 cm³/mol. The average molecular weight is 266 g/mol. The molecule has 0 heterocycles. The van der Waals surface area contributed by atoms with E-state index >= 15 is 0 Å². The fourth-order valence-corrected chi connectivity index (χ4v) is 1.98. The van der Waals surface area contributed by atoms with Crippen LogP contribution in [0.15, 0.2) is 24.3 Å². The quantitative estimate of drug-likeness (QED) is 0.755. The minimum atomic E-state index is -0.962. The molecule has 0 spiro atoms. The molecular formula is C13H15FN2O3. The molecule has 0 saturated heterocycles. The minimum absolute atomic E-state index is 0.00595. The number of carbonyl (C=O) groups is 2. The third kappa shape index (κ3) is 3.67. The molecule has 1 aromatic carbocycles. The standard InChI is InChI=1S/C13H15FN2O3/c14-10-4-2-1-3-8(10)9-7-11(9)16-13(19)15-6-5-12(17)18/h1-4,9,11H,5-7H2,(H,17,18)(H2,15,16,19)/t9-,11+/m0/s1. The Morgan fingerprint density at radius 2 is 2.11 bits per heavy atom. The van der Waals surface area contributed by atoms with Crippen LogP contribution in [-0.4, -0.2) is 29.7 Å². The Kier molecular flexibility index (Phi) is 3.99. The van der Waals surface area contributed by atoms with Crippen LogP contribution < -0.4 is 10.6 Å². The number of urea groups is 1. The zero-order valence-corrected chi connectivity index (χ0v) is 10.2. The van der Waals surface area contributed by atoms with Gasteiger partial charge in [-0.15, -0.1) is 0 Å². The highest BCUT2D eigenvalue weighted by atomic mass is 19.1. The van der Waals surface area contributed by atoms with E-state index in [2.05, 4.69) is 10.6 Å². The number of amides is 2. The molecule has 0 bridgehead atoms. The van der Waals surface area contributed by atoms with Gasteiger partial charge in [-0.3, -0.25) is 4.79 Å². The van der Waals surface area contributed by atoms with E-state index < -0.39 is 12.0 Å². The van der Waals surface area contributed by atoms with E-state index in [9.17, 15) is 14.0 Å². The van der Waals surface area contributed by atoms with Crippen molar-refractivity contribution in [2.75, 3.05) is 6.54 Å². The molecule has 1 aromatic rings. The normalized spacial score (nSPS) is 20.7. The molecule has 6 heteroatoms. The molecule has 1 aliphatic rings. The number of halogens is 1. The molecule has 1 aliphatic carbocycles. The van der Waals surface area contributed by atoms with Crippen molar-refractivity contribution in [3.63, 3.8) is 0 Å². The van der Waals surface area contributed by atoms with Gasteiger partial charge < -0.3 is 15.7 Å². The lowest BCUT2D eigenvalue weighted by molar-refractivity contribution is -0.136. The molecule has 19 heavy (non-hydrogen) atoms. The lowest BCUT2D eigenvalue weighted by Crippen LogP contribution is -2.38. The van der Waals surface area contributed by atoms with E-state index in [-0.39, 0.29) is 30.7 Å². The van der Waals surface area contributed by atoms with Crippen LogP contribution in [0.25, 0.3) is 0 Å². The molecule has 1 saturated carbocycles. The van der Waals surface area contributed by atoms with Crippen LogP contribution in [0.2, 0.25) is 0 Å². The number of benzene rings is 1. The fourth-order valence-electron chi connectivity index (χ4n) is 1.98. The van der Waals surface area contributed by atoms with Gasteiger partial charge in [0.1, 0.15) is 5.82 Å². The van der Waals surface area contributed by atoms with Gasteiger partial charge in [0.15, 0.2) is 0 Å². The highest BCUT2D eigenvalue weighted by Crippen LogP contribution is 2.41. The molecule has 102 valence electrons. The second-order valence-electron chi connectivity index (χ2n) is 4.51. The van der Waals surface area contributed by atoms with Crippen LogP contribution in [0.1, 0.15) is 24.3 Å². The maximum absolute atomic E-state index is 13.5. The zero-order valence-electron chi connectivity index (χ0n) is 10.2. The molecule has 1 fully saturated rings. The zero-order chi connectivity index (χ0) is 13.8. The van der Waals surface area contributed by atoms with Crippen molar-refractivity contribution in [3.05, 3.63) is 35.6 Å². The number of rotatable bonds is 5. The van der Waals surface area contributed by atoms with Gasteiger partial charge in [0.25, 0.3) is 0 Å². The molecule has 0 radical (unpaired) electrons. The first-order valence-corrected chi connectivity index (χ1v) is 6.08. The Morgan fingerprint density at radius 3 is 2.79 bits per heavy atom. The van der Waals surface area contributed by atoms with Gasteiger partial charge in [-0.25, -0.2) is 9.18 Å². The number of aliphatic carboxylic acids is 1. The van der Waals surface area contributed by atoms with Gasteiger partial charge in [0.2, 0.25) is 0 Å². The summed E-state index contributed by atoms with van der Waals surface area (Å²) in [6.07, 6.45) is 0.585. The molecule has 0 unspecified atom stereocenters. The molecule has 3 N–H and O–H groups in total. The Bertz CT molecular complexity index is 493. The van der Waals surface area contributed by atoms with Crippen LogP contribution in [0.4, 0.5) is 9.18 Å². The van der Waals surface area contributed by atoms with Gasteiger partial charge in [0.05, 0.1) is 6.42 Å². The van der Waals surface area contributed by atoms with E-state index in [4.69, 9.17) is 5.11 Å². The van der Waals surface area contributed by atoms with Crippen molar-refractivity contribution < 1.29 is 19.1 Å². The van der Waals surface area contributed by atoms with Crippen LogP contribution >= 0.6 is 0 Å². The minimum Gasteiger partial charge on any atom is -0.481 e. The lowest BCUT2D eigenvalue weighted by atomic mass is 10.1. The summed E-state index contributed by atoms with van der Waals surface area (Å²) in [6.45, 7) is 0.0816. The van der Waals surface area contributed by atoms with Gasteiger partial charge in [0, 0.05) is 18.5 Å². The van der Waals surface area contributed by atoms with Crippen molar-refractivity contribution in [3.8, 4) is 0 Å². The van der Waals surface area contributed by atoms with Crippen LogP contribution in [0.3, 0.4) is 0 Å². The number of nitrogens with one attached hydrogen (secondary N) is 2. The van der Waals surface area contributed by atoms with Crippen LogP contribution in [-0.2, 0) is 4.79 Å². The highest BCUT2D eigenvalue weighted by molar-refractivity contribution is 5.75. The second kappa shape index (κ2) is 5.69. The highest BCUT2D eigenvalue weighted by Gasteiger charge is 2.40. The summed E-state index contributed by atoms with van der Waals surface area (Å²) in [5.41, 5.74) is 0.610. The van der Waals surface area contributed by atoms with Gasteiger partial charge in [-0.1, -0.05) is 18.2 Å². The summed E-state index contributed by atoms with van der Waals surface area (Å²) >= 11 is 0. The first-order chi connectivity index (χ1) is 9.08. The molecule has 2 amide bonds. The largest absolute Gasteiger partial charge is 0.481 e. The smallest absolute Gasteiger partial charge is 0.315 e. The number of hydrogen-bond acceptors (Lipinski definition) is 2. The van der Waals surface area contributed by atoms with E-state index in [1.54, 1.807) is 18.2 Å². The maximum atomic E-state index is 13.5. The van der Waals surface area contributed by atoms with Crippen molar-refractivity contribution >= 4 is 12.0 Å². The molecular weight excluding hydrogens is 251 g/mol. The third-order valence-corrected chi connectivity index (χ3v) is 3.04. The van der Waals surface area contributed by atoms with Gasteiger partial charge in [-0.2, -0.15) is 0 Å². The lowest BCUT2D eigenvalue weighted by Gasteiger charge is -2.06. The van der Waals surface area contributed by atoms with Gasteiger partial charge in [-0.05, 0) is 18.1 Å². The van der Waals surface area contributed by atoms with E-state index in [1.165, 1.54) is 6.07 Å². The number of carboxylic acids is 1. The summed E-state index contributed by atoms with van der Waals surface area (Å²) in [5, 5.41) is 13.6. The summed E-state index contributed by atoms with van der Waals surface area (Å²) in [6, 6.07) is 6.01. The number of carboxylic acid groups (broad SMARTS) is 1. The monoisotopic (exact) mass is 266 g/mol. The summed E-state index contributed by atoms with van der Waals surface area (Å²) in [4.78, 5) is 21.7. The number of hydrogen-bond donors (Lipinski definition) is 3. The van der Waals surface area contributed by atoms with Gasteiger partial charge >= 0.3 is 12.0 Å². The van der Waals surface area contributed by atoms with E-state index in [1.807, 2.05) is 0 Å². The molecule has 0 aliphatic heterocycles. The van der Waals surface area contributed by atoms with Crippen LogP contribution in [0.5, 0.6) is 0 Å². The predicted octanol–water partition coefficient (Wildman–Crippen LogP) is 1.46. The first kappa shape index (κ1) is 13.3. The molecule has 2 rings (SSSR count). The number of carbonyl (C=O) groups excluding carboxylic acids is 1. The Hall–Kier alpha value is -2.11. The van der Waals surface area contributed by atoms with Crippen molar-refractivity contribution in [2.24, 2.45) is 0 Å². The topological polar surface area (TPSA) is 78.4 Å². The van der Waals surface area contributed by atoms with Crippen molar-refractivity contribution in [2.45, 2.75) is 24.8 Å². The fraction of sp³-hybridized carbons (Fsp3) is 0.385. The van der Waals surface area contributed by atoms with Crippen molar-refractivity contribution in [1.82, 2.24) is 10.6 Å². The summed E-state index contributed by atoms with van der Waals surface area (Å²) in [7, 11) is 0. The Balaban J connectivity index is 1.76. The van der Waals surface area contributed by atoms with Crippen molar-refractivity contribution in [1.29, 1.82) is 0 Å². The summed E-state index contributed by atoms with van der Waals surface area (Å²) in [5.74, 6) is -1.22. The molecule has 0 aromatic heterocycles. The van der Waals surface area contributed by atoms with Crippen LogP contribution in [0, 0.1) is 5.82 Å². The van der Waals surface area contributed by atoms with E-state index in [0.717, 1.165) is 0 Å². The molecule has 5 nitrogen and oxygen atoms in total. The van der Waals surface area contributed by atoms with E-state index in [0.29, 0.717) is 12.0 Å². The SMILES string of the molecule is O=C(O)CCNC(=O)N[C@@H]1C[C@H]1c1ccccc1F. The Morgan fingerprint density at radius 1 is 1.37 bits per heavy atom. The molecule has 2 atom stereocenters. The summed E-state index contributed by atoms with van der Waals surface area (Å²) < 4.78 is 13.5. The maximum Gasteiger partial charge on any atom is 0.315 e.